The first kappa shape index (κ1) is 18.9. The number of hydrogen-bond acceptors (Lipinski definition) is 4. The van der Waals surface area contributed by atoms with Gasteiger partial charge in [0.15, 0.2) is 5.96 Å². The quantitative estimate of drug-likeness (QED) is 0.401. The highest BCUT2D eigenvalue weighted by Gasteiger charge is 2.39. The van der Waals surface area contributed by atoms with Crippen LogP contribution < -0.4 is 10.6 Å². The Labute approximate surface area is 146 Å². The van der Waals surface area contributed by atoms with E-state index < -0.39 is 0 Å². The van der Waals surface area contributed by atoms with Crippen LogP contribution in [0.4, 0.5) is 0 Å². The third-order valence-electron chi connectivity index (χ3n) is 5.08. The Morgan fingerprint density at radius 3 is 2.57 bits per heavy atom. The molecule has 2 rings (SSSR count). The van der Waals surface area contributed by atoms with Gasteiger partial charge < -0.3 is 15.4 Å². The van der Waals surface area contributed by atoms with Crippen LogP contribution in [-0.4, -0.2) is 74.8 Å². The number of ether oxygens (including phenoxy) is 1. The van der Waals surface area contributed by atoms with Crippen molar-refractivity contribution in [3.63, 3.8) is 0 Å². The predicted molar refractivity (Wildman–Crippen MR) is 101 cm³/mol. The molecule has 0 atom stereocenters. The Bertz CT molecular complexity index is 353. The maximum Gasteiger partial charge on any atom is 0.191 e. The summed E-state index contributed by atoms with van der Waals surface area (Å²) >= 11 is 1.92. The largest absolute Gasteiger partial charge is 0.381 e. The molecule has 0 aromatic rings. The second-order valence-electron chi connectivity index (χ2n) is 6.58. The summed E-state index contributed by atoms with van der Waals surface area (Å²) < 4.78 is 5.62. The van der Waals surface area contributed by atoms with Gasteiger partial charge in [0.2, 0.25) is 0 Å². The number of nitrogens with one attached hydrogen (secondary N) is 2. The zero-order chi connectivity index (χ0) is 16.4. The van der Waals surface area contributed by atoms with Crippen LogP contribution in [0.5, 0.6) is 0 Å². The highest BCUT2D eigenvalue weighted by molar-refractivity contribution is 7.98. The van der Waals surface area contributed by atoms with Crippen LogP contribution in [0.1, 0.15) is 38.5 Å². The fourth-order valence-electron chi connectivity index (χ4n) is 3.59. The van der Waals surface area contributed by atoms with Crippen LogP contribution in [0, 0.1) is 0 Å². The molecule has 0 unspecified atom stereocenters. The van der Waals surface area contributed by atoms with E-state index in [0.717, 1.165) is 45.1 Å². The van der Waals surface area contributed by atoms with Crippen molar-refractivity contribution in [3.8, 4) is 0 Å². The topological polar surface area (TPSA) is 48.9 Å². The van der Waals surface area contributed by atoms with E-state index in [1.165, 1.54) is 44.5 Å². The fourth-order valence-corrected chi connectivity index (χ4v) is 4.09. The third kappa shape index (κ3) is 5.84. The third-order valence-corrected chi connectivity index (χ3v) is 5.77. The molecule has 6 heteroatoms. The Balaban J connectivity index is 1.79. The molecule has 5 nitrogen and oxygen atoms in total. The number of unbranched alkanes of at least 4 members (excludes halogenated alkanes) is 1. The number of nitrogens with zero attached hydrogens (tertiary/aromatic N) is 2. The molecule has 2 N–H and O–H groups in total. The molecule has 0 saturated carbocycles. The molecule has 2 fully saturated rings. The molecule has 0 bridgehead atoms. The van der Waals surface area contributed by atoms with Gasteiger partial charge in [0.25, 0.3) is 0 Å². The minimum atomic E-state index is 0.255. The highest BCUT2D eigenvalue weighted by atomic mass is 32.2. The minimum absolute atomic E-state index is 0.255. The molecule has 23 heavy (non-hydrogen) atoms. The van der Waals surface area contributed by atoms with E-state index in [0.29, 0.717) is 0 Å². The Kier molecular flexibility index (Phi) is 8.55. The first-order valence-electron chi connectivity index (χ1n) is 9.07. The summed E-state index contributed by atoms with van der Waals surface area (Å²) in [6, 6.07) is 0. The molecule has 2 heterocycles. The first-order chi connectivity index (χ1) is 11.3. The maximum atomic E-state index is 5.62. The van der Waals surface area contributed by atoms with Gasteiger partial charge in [-0.15, -0.1) is 0 Å². The lowest BCUT2D eigenvalue weighted by atomic mass is 9.88. The van der Waals surface area contributed by atoms with E-state index in [4.69, 9.17) is 4.74 Å². The average Bonchev–Trinajstić information content (AvgIpc) is 3.13. The van der Waals surface area contributed by atoms with Crippen molar-refractivity contribution in [3.05, 3.63) is 0 Å². The minimum Gasteiger partial charge on any atom is -0.381 e. The van der Waals surface area contributed by atoms with Crippen molar-refractivity contribution in [2.24, 2.45) is 4.99 Å². The van der Waals surface area contributed by atoms with E-state index in [-0.39, 0.29) is 5.54 Å². The lowest BCUT2D eigenvalue weighted by Crippen LogP contribution is -2.58. The van der Waals surface area contributed by atoms with E-state index in [1.807, 2.05) is 18.8 Å². The van der Waals surface area contributed by atoms with Crippen LogP contribution >= 0.6 is 11.8 Å². The molecule has 0 aliphatic carbocycles. The van der Waals surface area contributed by atoms with Crippen molar-refractivity contribution in [1.29, 1.82) is 0 Å². The zero-order valence-electron chi connectivity index (χ0n) is 14.9. The summed E-state index contributed by atoms with van der Waals surface area (Å²) in [6.45, 7) is 6.23. The number of likely N-dealkylation sites (tertiary alicyclic amines) is 1. The molecule has 2 aliphatic rings. The van der Waals surface area contributed by atoms with Gasteiger partial charge in [-0.25, -0.2) is 0 Å². The maximum absolute atomic E-state index is 5.62. The summed E-state index contributed by atoms with van der Waals surface area (Å²) in [7, 11) is 1.86. The molecule has 2 aliphatic heterocycles. The Morgan fingerprint density at radius 2 is 1.91 bits per heavy atom. The van der Waals surface area contributed by atoms with Crippen molar-refractivity contribution >= 4 is 17.7 Å². The molecule has 0 radical (unpaired) electrons. The number of hydrogen-bond donors (Lipinski definition) is 2. The van der Waals surface area contributed by atoms with Crippen LogP contribution in [-0.2, 0) is 4.74 Å². The molecule has 0 aromatic carbocycles. The normalized spacial score (nSPS) is 22.3. The first-order valence-corrected chi connectivity index (χ1v) is 10.5. The zero-order valence-corrected chi connectivity index (χ0v) is 15.7. The highest BCUT2D eigenvalue weighted by Crippen LogP contribution is 2.30. The van der Waals surface area contributed by atoms with E-state index in [9.17, 15) is 0 Å². The van der Waals surface area contributed by atoms with Gasteiger partial charge in [-0.3, -0.25) is 9.89 Å². The summed E-state index contributed by atoms with van der Waals surface area (Å²) in [5, 5.41) is 7.04. The monoisotopic (exact) mass is 342 g/mol. The van der Waals surface area contributed by atoms with Gasteiger partial charge >= 0.3 is 0 Å². The lowest BCUT2D eigenvalue weighted by molar-refractivity contribution is -0.0164. The Morgan fingerprint density at radius 1 is 1.17 bits per heavy atom. The summed E-state index contributed by atoms with van der Waals surface area (Å²) in [6.07, 6.45) is 9.57. The number of aliphatic imine (C=N–C) groups is 1. The molecule has 2 saturated heterocycles. The standard InChI is InChI=1S/C17H34N4OS/c1-18-16(19-9-3-6-14-23-2)20-15-17(7-12-22-13-8-17)21-10-4-5-11-21/h3-15H2,1-2H3,(H2,18,19,20). The second kappa shape index (κ2) is 10.4. The molecular formula is C17H34N4OS. The van der Waals surface area contributed by atoms with Crippen molar-refractivity contribution < 1.29 is 4.74 Å². The van der Waals surface area contributed by atoms with Crippen molar-refractivity contribution in [1.82, 2.24) is 15.5 Å². The lowest BCUT2D eigenvalue weighted by Gasteiger charge is -2.45. The number of thioether (sulfide) groups is 1. The van der Waals surface area contributed by atoms with E-state index in [1.54, 1.807) is 0 Å². The molecule has 0 amide bonds. The summed E-state index contributed by atoms with van der Waals surface area (Å²) in [5.41, 5.74) is 0.255. The summed E-state index contributed by atoms with van der Waals surface area (Å²) in [5.74, 6) is 2.19. The summed E-state index contributed by atoms with van der Waals surface area (Å²) in [4.78, 5) is 7.08. The van der Waals surface area contributed by atoms with Crippen LogP contribution in [0.2, 0.25) is 0 Å². The van der Waals surface area contributed by atoms with E-state index >= 15 is 0 Å². The van der Waals surface area contributed by atoms with Crippen molar-refractivity contribution in [2.75, 3.05) is 58.4 Å². The van der Waals surface area contributed by atoms with E-state index in [2.05, 4.69) is 26.8 Å². The average molecular weight is 343 g/mol. The van der Waals surface area contributed by atoms with Gasteiger partial charge in [-0.1, -0.05) is 0 Å². The van der Waals surface area contributed by atoms with Gasteiger partial charge in [-0.2, -0.15) is 11.8 Å². The number of rotatable bonds is 8. The van der Waals surface area contributed by atoms with Crippen molar-refractivity contribution in [2.45, 2.75) is 44.1 Å². The fraction of sp³-hybridized carbons (Fsp3) is 0.941. The second-order valence-corrected chi connectivity index (χ2v) is 7.57. The van der Waals surface area contributed by atoms with Gasteiger partial charge in [0.1, 0.15) is 0 Å². The molecule has 0 aromatic heterocycles. The predicted octanol–water partition coefficient (Wildman–Crippen LogP) is 1.94. The van der Waals surface area contributed by atoms with Gasteiger partial charge in [0.05, 0.1) is 0 Å². The van der Waals surface area contributed by atoms with Crippen LogP contribution in [0.3, 0.4) is 0 Å². The SMILES string of the molecule is CN=C(NCCCCSC)NCC1(N2CCCC2)CCOCC1. The van der Waals surface area contributed by atoms with Gasteiger partial charge in [-0.05, 0) is 63.6 Å². The Hall–Kier alpha value is -0.460. The number of guanidine groups is 1. The van der Waals surface area contributed by atoms with Crippen LogP contribution in [0.15, 0.2) is 4.99 Å². The van der Waals surface area contributed by atoms with Gasteiger partial charge in [0, 0.05) is 38.9 Å². The molecule has 0 spiro atoms. The molecular weight excluding hydrogens is 308 g/mol. The molecule has 134 valence electrons. The van der Waals surface area contributed by atoms with Crippen LogP contribution in [0.25, 0.3) is 0 Å². The smallest absolute Gasteiger partial charge is 0.191 e.